The van der Waals surface area contributed by atoms with E-state index in [9.17, 15) is 9.59 Å². The third-order valence-corrected chi connectivity index (χ3v) is 3.49. The summed E-state index contributed by atoms with van der Waals surface area (Å²) in [6, 6.07) is -1.04. The van der Waals surface area contributed by atoms with Crippen LogP contribution < -0.4 is 5.32 Å². The van der Waals surface area contributed by atoms with Gasteiger partial charge in [0.25, 0.3) is 0 Å². The van der Waals surface area contributed by atoms with Gasteiger partial charge in [0.05, 0.1) is 0 Å². The number of piperidine rings is 1. The predicted molar refractivity (Wildman–Crippen MR) is 74.0 cm³/mol. The summed E-state index contributed by atoms with van der Waals surface area (Å²) in [5, 5.41) is 11.8. The molecule has 1 aliphatic heterocycles. The highest BCUT2D eigenvalue weighted by atomic mass is 16.4. The van der Waals surface area contributed by atoms with Crippen LogP contribution in [0.3, 0.4) is 0 Å². The van der Waals surface area contributed by atoms with E-state index in [1.165, 1.54) is 0 Å². The molecule has 0 aromatic carbocycles. The number of rotatable bonds is 4. The molecule has 5 heteroatoms. The number of urea groups is 1. The second kappa shape index (κ2) is 6.26. The highest BCUT2D eigenvalue weighted by Gasteiger charge is 2.31. The summed E-state index contributed by atoms with van der Waals surface area (Å²) in [5.41, 5.74) is 0.117. The predicted octanol–water partition coefficient (Wildman–Crippen LogP) is 2.32. The van der Waals surface area contributed by atoms with Gasteiger partial charge in [-0.25, -0.2) is 9.59 Å². The SMILES string of the molecule is CC(C)C[C@H](NC(=O)N1CCCC(C)(C)C1)C(=O)O. The molecule has 2 N–H and O–H groups in total. The Morgan fingerprint density at radius 2 is 2.00 bits per heavy atom. The molecular formula is C14H26N2O3. The second-order valence-corrected chi connectivity index (χ2v) is 6.66. The van der Waals surface area contributed by atoms with E-state index < -0.39 is 12.0 Å². The van der Waals surface area contributed by atoms with E-state index in [-0.39, 0.29) is 17.4 Å². The molecule has 1 aliphatic rings. The second-order valence-electron chi connectivity index (χ2n) is 6.66. The van der Waals surface area contributed by atoms with Gasteiger partial charge >= 0.3 is 12.0 Å². The molecule has 0 aliphatic carbocycles. The zero-order valence-corrected chi connectivity index (χ0v) is 12.4. The van der Waals surface area contributed by atoms with Crippen LogP contribution in [0.2, 0.25) is 0 Å². The normalized spacial score (nSPS) is 20.2. The Bertz CT molecular complexity index is 340. The number of hydrogen-bond donors (Lipinski definition) is 2. The van der Waals surface area contributed by atoms with Crippen molar-refractivity contribution < 1.29 is 14.7 Å². The summed E-state index contributed by atoms with van der Waals surface area (Å²) in [5.74, 6) is -0.725. The van der Waals surface area contributed by atoms with Gasteiger partial charge in [-0.2, -0.15) is 0 Å². The summed E-state index contributed by atoms with van der Waals surface area (Å²) >= 11 is 0. The maximum atomic E-state index is 12.1. The number of hydrogen-bond acceptors (Lipinski definition) is 2. The fourth-order valence-corrected chi connectivity index (χ4v) is 2.53. The molecular weight excluding hydrogens is 244 g/mol. The number of carboxylic acids is 1. The average molecular weight is 270 g/mol. The number of nitrogens with zero attached hydrogens (tertiary/aromatic N) is 1. The first-order valence-electron chi connectivity index (χ1n) is 6.99. The van der Waals surface area contributed by atoms with Gasteiger partial charge < -0.3 is 15.3 Å². The van der Waals surface area contributed by atoms with Gasteiger partial charge in [-0.15, -0.1) is 0 Å². The molecule has 0 radical (unpaired) electrons. The van der Waals surface area contributed by atoms with E-state index in [0.29, 0.717) is 19.5 Å². The molecule has 1 atom stereocenters. The van der Waals surface area contributed by atoms with Crippen molar-refractivity contribution in [2.45, 2.75) is 53.0 Å². The van der Waals surface area contributed by atoms with Crippen molar-refractivity contribution in [3.8, 4) is 0 Å². The van der Waals surface area contributed by atoms with Crippen molar-refractivity contribution in [2.75, 3.05) is 13.1 Å². The monoisotopic (exact) mass is 270 g/mol. The van der Waals surface area contributed by atoms with Crippen LogP contribution in [0.5, 0.6) is 0 Å². The Morgan fingerprint density at radius 1 is 1.37 bits per heavy atom. The maximum absolute atomic E-state index is 12.1. The lowest BCUT2D eigenvalue weighted by Gasteiger charge is -2.38. The molecule has 0 spiro atoms. The summed E-state index contributed by atoms with van der Waals surface area (Å²) in [6.07, 6.45) is 2.53. The number of amides is 2. The van der Waals surface area contributed by atoms with Crippen LogP contribution in [0.25, 0.3) is 0 Å². The van der Waals surface area contributed by atoms with E-state index in [2.05, 4.69) is 19.2 Å². The molecule has 5 nitrogen and oxygen atoms in total. The molecule has 0 saturated carbocycles. The summed E-state index contributed by atoms with van der Waals surface area (Å²) in [7, 11) is 0. The van der Waals surface area contributed by atoms with Crippen molar-refractivity contribution in [1.82, 2.24) is 10.2 Å². The van der Waals surface area contributed by atoms with Crippen LogP contribution in [-0.2, 0) is 4.79 Å². The summed E-state index contributed by atoms with van der Waals surface area (Å²) in [4.78, 5) is 25.0. The molecule has 1 heterocycles. The highest BCUT2D eigenvalue weighted by molar-refractivity contribution is 5.82. The van der Waals surface area contributed by atoms with Gasteiger partial charge in [0.1, 0.15) is 6.04 Å². The Balaban J connectivity index is 2.59. The Morgan fingerprint density at radius 3 is 2.47 bits per heavy atom. The molecule has 0 bridgehead atoms. The van der Waals surface area contributed by atoms with Gasteiger partial charge in [0.15, 0.2) is 0 Å². The molecule has 0 aromatic rings. The van der Waals surface area contributed by atoms with Crippen LogP contribution >= 0.6 is 0 Å². The van der Waals surface area contributed by atoms with Crippen LogP contribution in [0.1, 0.15) is 47.0 Å². The third kappa shape index (κ3) is 5.09. The minimum Gasteiger partial charge on any atom is -0.480 e. The van der Waals surface area contributed by atoms with Crippen molar-refractivity contribution >= 4 is 12.0 Å². The van der Waals surface area contributed by atoms with E-state index in [4.69, 9.17) is 5.11 Å². The number of likely N-dealkylation sites (tertiary alicyclic amines) is 1. The van der Waals surface area contributed by atoms with E-state index in [1.54, 1.807) is 4.90 Å². The third-order valence-electron chi connectivity index (χ3n) is 3.49. The number of nitrogens with one attached hydrogen (secondary N) is 1. The van der Waals surface area contributed by atoms with Crippen LogP contribution in [0.15, 0.2) is 0 Å². The summed E-state index contributed by atoms with van der Waals surface area (Å²) < 4.78 is 0. The minimum atomic E-state index is -0.960. The first-order chi connectivity index (χ1) is 8.71. The van der Waals surface area contributed by atoms with E-state index in [1.807, 2.05) is 13.8 Å². The van der Waals surface area contributed by atoms with Gasteiger partial charge in [-0.3, -0.25) is 0 Å². The minimum absolute atomic E-state index is 0.117. The topological polar surface area (TPSA) is 69.6 Å². The van der Waals surface area contributed by atoms with E-state index in [0.717, 1.165) is 12.8 Å². The van der Waals surface area contributed by atoms with Crippen LogP contribution in [-0.4, -0.2) is 41.1 Å². The standard InChI is InChI=1S/C14H26N2O3/c1-10(2)8-11(12(17)18)15-13(19)16-7-5-6-14(3,4)9-16/h10-11H,5-9H2,1-4H3,(H,15,19)(H,17,18)/t11-/m0/s1. The molecule has 2 amide bonds. The first-order valence-corrected chi connectivity index (χ1v) is 6.99. The van der Waals surface area contributed by atoms with Crippen molar-refractivity contribution in [3.63, 3.8) is 0 Å². The lowest BCUT2D eigenvalue weighted by Crippen LogP contribution is -2.52. The van der Waals surface area contributed by atoms with Crippen LogP contribution in [0.4, 0.5) is 4.79 Å². The fraction of sp³-hybridized carbons (Fsp3) is 0.857. The smallest absolute Gasteiger partial charge is 0.326 e. The first kappa shape index (κ1) is 15.8. The average Bonchev–Trinajstić information content (AvgIpc) is 2.25. The molecule has 110 valence electrons. The van der Waals surface area contributed by atoms with Gasteiger partial charge in [-0.05, 0) is 30.6 Å². The Labute approximate surface area is 115 Å². The van der Waals surface area contributed by atoms with Crippen molar-refractivity contribution in [2.24, 2.45) is 11.3 Å². The highest BCUT2D eigenvalue weighted by Crippen LogP contribution is 2.28. The Kier molecular flexibility index (Phi) is 5.20. The van der Waals surface area contributed by atoms with Crippen LogP contribution in [0, 0.1) is 11.3 Å². The lowest BCUT2D eigenvalue weighted by molar-refractivity contribution is -0.139. The van der Waals surface area contributed by atoms with Crippen molar-refractivity contribution in [3.05, 3.63) is 0 Å². The maximum Gasteiger partial charge on any atom is 0.326 e. The molecule has 1 rings (SSSR count). The molecule has 1 fully saturated rings. The van der Waals surface area contributed by atoms with Crippen molar-refractivity contribution in [1.29, 1.82) is 0 Å². The molecule has 0 unspecified atom stereocenters. The number of aliphatic carboxylic acids is 1. The fourth-order valence-electron chi connectivity index (χ4n) is 2.53. The zero-order chi connectivity index (χ0) is 14.6. The van der Waals surface area contributed by atoms with Gasteiger partial charge in [0, 0.05) is 13.1 Å². The molecule has 0 aromatic heterocycles. The molecule has 1 saturated heterocycles. The van der Waals surface area contributed by atoms with E-state index >= 15 is 0 Å². The zero-order valence-electron chi connectivity index (χ0n) is 12.4. The summed E-state index contributed by atoms with van der Waals surface area (Å²) in [6.45, 7) is 9.57. The number of carbonyl (C=O) groups excluding carboxylic acids is 1. The quantitative estimate of drug-likeness (QED) is 0.823. The Hall–Kier alpha value is -1.26. The number of carboxylic acid groups (broad SMARTS) is 1. The largest absolute Gasteiger partial charge is 0.480 e. The van der Waals surface area contributed by atoms with Gasteiger partial charge in [0.2, 0.25) is 0 Å². The lowest BCUT2D eigenvalue weighted by atomic mass is 9.84. The molecule has 19 heavy (non-hydrogen) atoms. The number of carbonyl (C=O) groups is 2. The van der Waals surface area contributed by atoms with Gasteiger partial charge in [-0.1, -0.05) is 27.7 Å².